The molecule has 0 amide bonds. The number of hydrogen-bond acceptors (Lipinski definition) is 2. The summed E-state index contributed by atoms with van der Waals surface area (Å²) >= 11 is 3.52. The predicted octanol–water partition coefficient (Wildman–Crippen LogP) is 2.66. The average Bonchev–Trinajstić information content (AvgIpc) is 2.65. The van der Waals surface area contributed by atoms with Gasteiger partial charge in [0.2, 0.25) is 0 Å². The van der Waals surface area contributed by atoms with Crippen LogP contribution in [0.5, 0.6) is 5.75 Å². The normalized spacial score (nSPS) is 13.4. The van der Waals surface area contributed by atoms with Gasteiger partial charge >= 0.3 is 0 Å². The molecular weight excluding hydrogens is 254 g/mol. The van der Waals surface area contributed by atoms with E-state index < -0.39 is 0 Å². The quantitative estimate of drug-likeness (QED) is 0.669. The Morgan fingerprint density at radius 3 is 3.20 bits per heavy atom. The molecule has 1 heterocycles. The molecule has 2 nitrogen and oxygen atoms in total. The second-order valence-electron chi connectivity index (χ2n) is 3.57. The summed E-state index contributed by atoms with van der Waals surface area (Å²) < 4.78 is 6.76. The number of fused-ring (bicyclic) bond motifs is 1. The monoisotopic (exact) mass is 267 g/mol. The minimum atomic E-state index is 0.806. The summed E-state index contributed by atoms with van der Waals surface area (Å²) in [6, 6.07) is 4.25. The maximum Gasteiger partial charge on any atom is 0.127 e. The molecule has 1 N–H and O–H groups in total. The van der Waals surface area contributed by atoms with E-state index in [1.165, 1.54) is 11.1 Å². The second-order valence-corrected chi connectivity index (χ2v) is 4.49. The Hall–Kier alpha value is -0.800. The van der Waals surface area contributed by atoms with Crippen LogP contribution < -0.4 is 10.1 Å². The SMILES string of the molecule is C=CCNCc1cc(Br)cc2c1OCC2. The van der Waals surface area contributed by atoms with Crippen molar-refractivity contribution in [2.24, 2.45) is 0 Å². The molecule has 0 bridgehead atoms. The smallest absolute Gasteiger partial charge is 0.127 e. The average molecular weight is 268 g/mol. The molecule has 80 valence electrons. The van der Waals surface area contributed by atoms with Crippen LogP contribution in [-0.2, 0) is 13.0 Å². The number of halogens is 1. The van der Waals surface area contributed by atoms with E-state index in [0.717, 1.165) is 36.3 Å². The fourth-order valence-electron chi connectivity index (χ4n) is 1.79. The highest BCUT2D eigenvalue weighted by Gasteiger charge is 2.16. The number of rotatable bonds is 4. The van der Waals surface area contributed by atoms with Gasteiger partial charge in [0.15, 0.2) is 0 Å². The number of nitrogens with one attached hydrogen (secondary N) is 1. The largest absolute Gasteiger partial charge is 0.493 e. The van der Waals surface area contributed by atoms with Crippen molar-refractivity contribution in [3.8, 4) is 5.75 Å². The predicted molar refractivity (Wildman–Crippen MR) is 65.2 cm³/mol. The lowest BCUT2D eigenvalue weighted by Gasteiger charge is -2.09. The maximum atomic E-state index is 5.63. The first-order chi connectivity index (χ1) is 7.31. The van der Waals surface area contributed by atoms with Crippen molar-refractivity contribution >= 4 is 15.9 Å². The van der Waals surface area contributed by atoms with E-state index >= 15 is 0 Å². The molecule has 0 aromatic heterocycles. The van der Waals surface area contributed by atoms with Crippen molar-refractivity contribution in [2.45, 2.75) is 13.0 Å². The zero-order valence-corrected chi connectivity index (χ0v) is 10.1. The topological polar surface area (TPSA) is 21.3 Å². The van der Waals surface area contributed by atoms with Gasteiger partial charge in [-0.3, -0.25) is 0 Å². The molecule has 0 aliphatic carbocycles. The Kier molecular flexibility index (Phi) is 3.44. The highest BCUT2D eigenvalue weighted by molar-refractivity contribution is 9.10. The highest BCUT2D eigenvalue weighted by atomic mass is 79.9. The summed E-state index contributed by atoms with van der Waals surface area (Å²) in [6.45, 7) is 6.13. The van der Waals surface area contributed by atoms with Gasteiger partial charge in [-0.2, -0.15) is 0 Å². The first-order valence-corrected chi connectivity index (χ1v) is 5.86. The third-order valence-corrected chi connectivity index (χ3v) is 2.89. The first kappa shape index (κ1) is 10.7. The van der Waals surface area contributed by atoms with Crippen LogP contribution in [0.3, 0.4) is 0 Å². The van der Waals surface area contributed by atoms with Gasteiger partial charge in [-0.05, 0) is 17.7 Å². The van der Waals surface area contributed by atoms with Crippen LogP contribution in [0.2, 0.25) is 0 Å². The highest BCUT2D eigenvalue weighted by Crippen LogP contribution is 2.32. The van der Waals surface area contributed by atoms with Crippen LogP contribution in [0.4, 0.5) is 0 Å². The lowest BCUT2D eigenvalue weighted by Crippen LogP contribution is -2.13. The molecule has 1 aromatic rings. The van der Waals surface area contributed by atoms with E-state index in [4.69, 9.17) is 4.74 Å². The van der Waals surface area contributed by atoms with Gasteiger partial charge in [-0.1, -0.05) is 22.0 Å². The zero-order valence-electron chi connectivity index (χ0n) is 8.55. The first-order valence-electron chi connectivity index (χ1n) is 5.07. The molecule has 1 aromatic carbocycles. The molecule has 1 aliphatic heterocycles. The van der Waals surface area contributed by atoms with Crippen molar-refractivity contribution in [2.75, 3.05) is 13.2 Å². The Balaban J connectivity index is 2.18. The van der Waals surface area contributed by atoms with Crippen molar-refractivity contribution < 1.29 is 4.74 Å². The molecule has 15 heavy (non-hydrogen) atoms. The molecule has 1 aliphatic rings. The number of benzene rings is 1. The minimum absolute atomic E-state index is 0.806. The fraction of sp³-hybridized carbons (Fsp3) is 0.333. The summed E-state index contributed by atoms with van der Waals surface area (Å²) in [4.78, 5) is 0. The molecule has 0 spiro atoms. The minimum Gasteiger partial charge on any atom is -0.493 e. The summed E-state index contributed by atoms with van der Waals surface area (Å²) in [5.74, 6) is 1.06. The third-order valence-electron chi connectivity index (χ3n) is 2.43. The van der Waals surface area contributed by atoms with Gasteiger partial charge in [0.1, 0.15) is 5.75 Å². The van der Waals surface area contributed by atoms with E-state index in [-0.39, 0.29) is 0 Å². The summed E-state index contributed by atoms with van der Waals surface area (Å²) in [7, 11) is 0. The van der Waals surface area contributed by atoms with Crippen LogP contribution in [-0.4, -0.2) is 13.2 Å². The third kappa shape index (κ3) is 2.41. The lowest BCUT2D eigenvalue weighted by molar-refractivity contribution is 0.352. The van der Waals surface area contributed by atoms with Gasteiger partial charge in [0.25, 0.3) is 0 Å². The van der Waals surface area contributed by atoms with E-state index in [2.05, 4.69) is 40.0 Å². The van der Waals surface area contributed by atoms with Crippen molar-refractivity contribution in [3.05, 3.63) is 40.4 Å². The molecule has 3 heteroatoms. The lowest BCUT2D eigenvalue weighted by atomic mass is 10.1. The van der Waals surface area contributed by atoms with Crippen LogP contribution in [0.25, 0.3) is 0 Å². The maximum absolute atomic E-state index is 5.63. The van der Waals surface area contributed by atoms with Crippen LogP contribution in [0.15, 0.2) is 29.3 Å². The molecule has 0 radical (unpaired) electrons. The van der Waals surface area contributed by atoms with Crippen molar-refractivity contribution in [1.29, 1.82) is 0 Å². The summed E-state index contributed by atoms with van der Waals surface area (Å²) in [5, 5.41) is 3.29. The van der Waals surface area contributed by atoms with Crippen molar-refractivity contribution in [3.63, 3.8) is 0 Å². The Bertz CT molecular complexity index is 376. The Morgan fingerprint density at radius 1 is 1.53 bits per heavy atom. The van der Waals surface area contributed by atoms with Gasteiger partial charge in [0.05, 0.1) is 6.61 Å². The summed E-state index contributed by atoms with van der Waals surface area (Å²) in [6.07, 6.45) is 2.88. The molecule has 0 saturated heterocycles. The van der Waals surface area contributed by atoms with Crippen molar-refractivity contribution in [1.82, 2.24) is 5.32 Å². The molecule has 0 saturated carbocycles. The van der Waals surface area contributed by atoms with Gasteiger partial charge in [0, 0.05) is 29.5 Å². The Morgan fingerprint density at radius 2 is 2.40 bits per heavy atom. The van der Waals surface area contributed by atoms with E-state index in [9.17, 15) is 0 Å². The molecular formula is C12H14BrNO. The van der Waals surface area contributed by atoms with Gasteiger partial charge < -0.3 is 10.1 Å². The Labute approximate surface area is 98.5 Å². The summed E-state index contributed by atoms with van der Waals surface area (Å²) in [5.41, 5.74) is 2.53. The number of hydrogen-bond donors (Lipinski definition) is 1. The van der Waals surface area contributed by atoms with Gasteiger partial charge in [-0.15, -0.1) is 6.58 Å². The molecule has 0 unspecified atom stereocenters. The van der Waals surface area contributed by atoms with Crippen LogP contribution >= 0.6 is 15.9 Å². The molecule has 2 rings (SSSR count). The van der Waals surface area contributed by atoms with Crippen LogP contribution in [0, 0.1) is 0 Å². The van der Waals surface area contributed by atoms with Crippen LogP contribution in [0.1, 0.15) is 11.1 Å². The van der Waals surface area contributed by atoms with Gasteiger partial charge in [-0.25, -0.2) is 0 Å². The number of ether oxygens (including phenoxy) is 1. The molecule has 0 fully saturated rings. The fourth-order valence-corrected chi connectivity index (χ4v) is 2.34. The van der Waals surface area contributed by atoms with E-state index in [0.29, 0.717) is 0 Å². The standard InChI is InChI=1S/C12H14BrNO/c1-2-4-14-8-10-7-11(13)6-9-3-5-15-12(9)10/h2,6-7,14H,1,3-5,8H2. The van der Waals surface area contributed by atoms with E-state index in [1.54, 1.807) is 0 Å². The zero-order chi connectivity index (χ0) is 10.7. The molecule has 0 atom stereocenters. The van der Waals surface area contributed by atoms with E-state index in [1.807, 2.05) is 6.08 Å². The second kappa shape index (κ2) is 4.81.